The van der Waals surface area contributed by atoms with Gasteiger partial charge in [0.05, 0.1) is 4.90 Å². The number of benzene rings is 3. The molecule has 142 valence electrons. The van der Waals surface area contributed by atoms with Crippen molar-refractivity contribution in [2.24, 2.45) is 5.18 Å². The fourth-order valence-electron chi connectivity index (χ4n) is 2.38. The Hall–Kier alpha value is -3.59. The number of rotatable bonds is 6. The molecule has 9 heteroatoms. The van der Waals surface area contributed by atoms with Crippen molar-refractivity contribution < 1.29 is 17.6 Å². The number of nitrogens with one attached hydrogen (secondary N) is 2. The number of carbonyl (C=O) groups is 1. The summed E-state index contributed by atoms with van der Waals surface area (Å²) in [4.78, 5) is 22.9. The number of nitroso groups, excluding NO2 is 1. The lowest BCUT2D eigenvalue weighted by Crippen LogP contribution is -2.16. The molecule has 3 rings (SSSR count). The molecule has 0 aliphatic heterocycles. The smallest absolute Gasteiger partial charge is 0.261 e. The first-order valence-electron chi connectivity index (χ1n) is 8.00. The molecule has 0 atom stereocenters. The molecule has 0 spiro atoms. The number of sulfonamides is 1. The van der Waals surface area contributed by atoms with Crippen molar-refractivity contribution in [3.8, 4) is 0 Å². The van der Waals surface area contributed by atoms with E-state index in [2.05, 4.69) is 15.2 Å². The summed E-state index contributed by atoms with van der Waals surface area (Å²) in [5, 5.41) is 5.36. The Kier molecular flexibility index (Phi) is 5.46. The minimum absolute atomic E-state index is 0.103. The molecule has 0 unspecified atom stereocenters. The molecular formula is C19H14FN3O4S. The molecule has 28 heavy (non-hydrogen) atoms. The highest BCUT2D eigenvalue weighted by Gasteiger charge is 2.17. The second-order valence-electron chi connectivity index (χ2n) is 5.74. The van der Waals surface area contributed by atoms with E-state index >= 15 is 0 Å². The quantitative estimate of drug-likeness (QED) is 0.604. The van der Waals surface area contributed by atoms with Crippen LogP contribution in [0, 0.1) is 10.7 Å². The lowest BCUT2D eigenvalue weighted by molar-refractivity contribution is 0.102. The second kappa shape index (κ2) is 7.97. The largest absolute Gasteiger partial charge is 0.322 e. The van der Waals surface area contributed by atoms with Crippen molar-refractivity contribution in [2.45, 2.75) is 4.90 Å². The van der Waals surface area contributed by atoms with Crippen LogP contribution in [0.4, 0.5) is 21.5 Å². The van der Waals surface area contributed by atoms with Gasteiger partial charge in [-0.2, -0.15) is 0 Å². The minimum atomic E-state index is -3.97. The molecule has 0 bridgehead atoms. The molecule has 0 aliphatic carbocycles. The van der Waals surface area contributed by atoms with Gasteiger partial charge in [0.1, 0.15) is 11.5 Å². The maximum Gasteiger partial charge on any atom is 0.261 e. The average molecular weight is 399 g/mol. The van der Waals surface area contributed by atoms with Crippen molar-refractivity contribution in [2.75, 3.05) is 10.0 Å². The van der Waals surface area contributed by atoms with E-state index in [9.17, 15) is 22.5 Å². The zero-order valence-corrected chi connectivity index (χ0v) is 15.1. The van der Waals surface area contributed by atoms with E-state index < -0.39 is 21.7 Å². The van der Waals surface area contributed by atoms with Gasteiger partial charge in [-0.1, -0.05) is 12.1 Å². The molecule has 0 heterocycles. The average Bonchev–Trinajstić information content (AvgIpc) is 2.70. The normalized spacial score (nSPS) is 10.9. The van der Waals surface area contributed by atoms with Crippen molar-refractivity contribution in [1.82, 2.24) is 0 Å². The standard InChI is InChI=1S/C19H14FN3O4S/c20-14-7-9-15(10-8-14)23-28(26,27)18-6-1-3-13(11-18)19(24)21-16-4-2-5-17(12-16)22-25/h1-12,23H,(H,21,24). The van der Waals surface area contributed by atoms with Crippen LogP contribution in [0.3, 0.4) is 0 Å². The molecule has 3 aromatic carbocycles. The summed E-state index contributed by atoms with van der Waals surface area (Å²) < 4.78 is 40.3. The Morgan fingerprint density at radius 3 is 2.32 bits per heavy atom. The van der Waals surface area contributed by atoms with Gasteiger partial charge in [-0.25, -0.2) is 12.8 Å². The molecule has 0 aromatic heterocycles. The zero-order chi connectivity index (χ0) is 20.1. The van der Waals surface area contributed by atoms with E-state index in [0.717, 1.165) is 12.1 Å². The molecule has 2 N–H and O–H groups in total. The maximum absolute atomic E-state index is 13.0. The molecule has 0 aliphatic rings. The molecule has 3 aromatic rings. The molecule has 0 fully saturated rings. The summed E-state index contributed by atoms with van der Waals surface area (Å²) in [6, 6.07) is 16.3. The minimum Gasteiger partial charge on any atom is -0.322 e. The van der Waals surface area contributed by atoms with Crippen LogP contribution in [0.2, 0.25) is 0 Å². The highest BCUT2D eigenvalue weighted by atomic mass is 32.2. The molecule has 0 saturated heterocycles. The Labute approximate surface area is 160 Å². The summed E-state index contributed by atoms with van der Waals surface area (Å²) in [6.07, 6.45) is 0. The van der Waals surface area contributed by atoms with Crippen LogP contribution >= 0.6 is 0 Å². The summed E-state index contributed by atoms with van der Waals surface area (Å²) in [7, 11) is -3.97. The van der Waals surface area contributed by atoms with Gasteiger partial charge in [0, 0.05) is 16.9 Å². The number of anilines is 2. The van der Waals surface area contributed by atoms with Gasteiger partial charge in [-0.05, 0) is 65.8 Å². The number of amides is 1. The van der Waals surface area contributed by atoms with Crippen LogP contribution in [-0.2, 0) is 10.0 Å². The van der Waals surface area contributed by atoms with Gasteiger partial charge < -0.3 is 5.32 Å². The third-order valence-corrected chi connectivity index (χ3v) is 5.09. The summed E-state index contributed by atoms with van der Waals surface area (Å²) in [5.41, 5.74) is 0.790. The van der Waals surface area contributed by atoms with Crippen molar-refractivity contribution >= 4 is 33.0 Å². The first-order valence-corrected chi connectivity index (χ1v) is 9.49. The van der Waals surface area contributed by atoms with Gasteiger partial charge in [-0.3, -0.25) is 9.52 Å². The van der Waals surface area contributed by atoms with E-state index in [4.69, 9.17) is 0 Å². The van der Waals surface area contributed by atoms with E-state index in [0.29, 0.717) is 5.69 Å². The number of halogens is 1. The lowest BCUT2D eigenvalue weighted by atomic mass is 10.2. The van der Waals surface area contributed by atoms with Crippen LogP contribution in [0.25, 0.3) is 0 Å². The fraction of sp³-hybridized carbons (Fsp3) is 0. The Morgan fingerprint density at radius 1 is 0.893 bits per heavy atom. The van der Waals surface area contributed by atoms with E-state index in [1.807, 2.05) is 0 Å². The number of carbonyl (C=O) groups excluding carboxylic acids is 1. The fourth-order valence-corrected chi connectivity index (χ4v) is 3.48. The number of hydrogen-bond donors (Lipinski definition) is 2. The first kappa shape index (κ1) is 19.2. The number of nitrogens with zero attached hydrogens (tertiary/aromatic N) is 1. The Morgan fingerprint density at radius 2 is 1.61 bits per heavy atom. The summed E-state index contributed by atoms with van der Waals surface area (Å²) in [5.74, 6) is -1.04. The predicted molar refractivity (Wildman–Crippen MR) is 104 cm³/mol. The topological polar surface area (TPSA) is 105 Å². The predicted octanol–water partition coefficient (Wildman–Crippen LogP) is 4.28. The second-order valence-corrected chi connectivity index (χ2v) is 7.42. The van der Waals surface area contributed by atoms with E-state index in [1.54, 1.807) is 12.1 Å². The third-order valence-electron chi connectivity index (χ3n) is 3.71. The van der Waals surface area contributed by atoms with Gasteiger partial charge in [0.2, 0.25) is 0 Å². The molecule has 0 radical (unpaired) electrons. The van der Waals surface area contributed by atoms with Crippen molar-refractivity contribution in [3.63, 3.8) is 0 Å². The maximum atomic E-state index is 13.0. The Balaban J connectivity index is 1.81. The SMILES string of the molecule is O=Nc1cccc(NC(=O)c2cccc(S(=O)(=O)Nc3ccc(F)cc3)c2)c1. The molecule has 7 nitrogen and oxygen atoms in total. The third kappa shape index (κ3) is 4.57. The van der Waals surface area contributed by atoms with Crippen molar-refractivity contribution in [1.29, 1.82) is 0 Å². The first-order chi connectivity index (χ1) is 13.4. The van der Waals surface area contributed by atoms with E-state index in [1.165, 1.54) is 48.5 Å². The lowest BCUT2D eigenvalue weighted by Gasteiger charge is -2.10. The summed E-state index contributed by atoms with van der Waals surface area (Å²) >= 11 is 0. The molecule has 0 saturated carbocycles. The highest BCUT2D eigenvalue weighted by Crippen LogP contribution is 2.20. The zero-order valence-electron chi connectivity index (χ0n) is 14.3. The summed E-state index contributed by atoms with van der Waals surface area (Å²) in [6.45, 7) is 0. The molecule has 1 amide bonds. The Bertz CT molecular complexity index is 1130. The van der Waals surface area contributed by atoms with Crippen LogP contribution in [0.15, 0.2) is 82.9 Å². The van der Waals surface area contributed by atoms with Gasteiger partial charge >= 0.3 is 0 Å². The van der Waals surface area contributed by atoms with Crippen LogP contribution in [0.5, 0.6) is 0 Å². The van der Waals surface area contributed by atoms with Crippen LogP contribution in [-0.4, -0.2) is 14.3 Å². The van der Waals surface area contributed by atoms with Gasteiger partial charge in [-0.15, -0.1) is 4.91 Å². The van der Waals surface area contributed by atoms with Gasteiger partial charge in [0.25, 0.3) is 15.9 Å². The van der Waals surface area contributed by atoms with E-state index in [-0.39, 0.29) is 21.8 Å². The number of hydrogen-bond acceptors (Lipinski definition) is 5. The monoisotopic (exact) mass is 399 g/mol. The van der Waals surface area contributed by atoms with Crippen LogP contribution < -0.4 is 10.0 Å². The highest BCUT2D eigenvalue weighted by molar-refractivity contribution is 7.92. The van der Waals surface area contributed by atoms with Crippen LogP contribution in [0.1, 0.15) is 10.4 Å². The van der Waals surface area contributed by atoms with Crippen molar-refractivity contribution in [3.05, 3.63) is 89.1 Å². The molecular weight excluding hydrogens is 385 g/mol. The van der Waals surface area contributed by atoms with Gasteiger partial charge in [0.15, 0.2) is 0 Å².